The summed E-state index contributed by atoms with van der Waals surface area (Å²) in [4.78, 5) is 5.95. The number of likely N-dealkylation sites (tertiary alicyclic amines) is 1. The maximum Gasteiger partial charge on any atom is 0.122 e. The summed E-state index contributed by atoms with van der Waals surface area (Å²) < 4.78 is 5.43. The van der Waals surface area contributed by atoms with Gasteiger partial charge in [0.25, 0.3) is 0 Å². The molecule has 102 valence electrons. The average Bonchev–Trinajstić information content (AvgIpc) is 3.06. The number of H-pyrrole nitrogens is 1. The third-order valence-corrected chi connectivity index (χ3v) is 4.25. The van der Waals surface area contributed by atoms with Gasteiger partial charge >= 0.3 is 0 Å². The second kappa shape index (κ2) is 5.25. The van der Waals surface area contributed by atoms with Crippen LogP contribution >= 0.6 is 0 Å². The first-order chi connectivity index (χ1) is 9.29. The van der Waals surface area contributed by atoms with Gasteiger partial charge in [-0.25, -0.2) is 0 Å². The van der Waals surface area contributed by atoms with Crippen molar-refractivity contribution in [2.75, 3.05) is 26.7 Å². The highest BCUT2D eigenvalue weighted by molar-refractivity contribution is 5.88. The third kappa shape index (κ3) is 2.35. The van der Waals surface area contributed by atoms with Gasteiger partial charge in [-0.15, -0.1) is 0 Å². The van der Waals surface area contributed by atoms with Crippen LogP contribution in [0.4, 0.5) is 0 Å². The molecule has 0 bridgehead atoms. The van der Waals surface area contributed by atoms with Gasteiger partial charge in [-0.2, -0.15) is 0 Å². The average molecular weight is 258 g/mol. The first-order valence-corrected chi connectivity index (χ1v) is 7.15. The first-order valence-electron chi connectivity index (χ1n) is 7.15. The summed E-state index contributed by atoms with van der Waals surface area (Å²) in [5.41, 5.74) is 3.88. The zero-order chi connectivity index (χ0) is 13.2. The number of benzene rings is 1. The van der Waals surface area contributed by atoms with Crippen LogP contribution in [0.25, 0.3) is 10.9 Å². The predicted molar refractivity (Wildman–Crippen MR) is 79.0 cm³/mol. The van der Waals surface area contributed by atoms with E-state index in [0.717, 1.165) is 12.2 Å². The Labute approximate surface area is 114 Å². The lowest BCUT2D eigenvalue weighted by atomic mass is 10.0. The minimum absolute atomic E-state index is 0.981. The van der Waals surface area contributed by atoms with Crippen LogP contribution in [0.3, 0.4) is 0 Å². The lowest BCUT2D eigenvalue weighted by Gasteiger charge is -2.14. The summed E-state index contributed by atoms with van der Waals surface area (Å²) in [6, 6.07) is 4.15. The molecule has 0 unspecified atom stereocenters. The van der Waals surface area contributed by atoms with Crippen molar-refractivity contribution in [3.05, 3.63) is 29.5 Å². The van der Waals surface area contributed by atoms with Crippen molar-refractivity contribution >= 4 is 10.9 Å². The molecule has 0 atom stereocenters. The number of aryl methyl sites for hydroxylation is 1. The summed E-state index contributed by atoms with van der Waals surface area (Å²) in [7, 11) is 1.74. The van der Waals surface area contributed by atoms with Crippen molar-refractivity contribution in [3.63, 3.8) is 0 Å². The fourth-order valence-corrected chi connectivity index (χ4v) is 3.17. The molecule has 0 amide bonds. The number of methoxy groups -OCH3 is 1. The number of hydrogen-bond donors (Lipinski definition) is 1. The number of ether oxygens (including phenoxy) is 1. The highest BCUT2D eigenvalue weighted by atomic mass is 16.5. The maximum atomic E-state index is 5.43. The molecular formula is C16H22N2O. The summed E-state index contributed by atoms with van der Waals surface area (Å²) >= 11 is 0. The molecule has 3 rings (SSSR count). The van der Waals surface area contributed by atoms with Crippen LogP contribution in [0.15, 0.2) is 18.3 Å². The molecule has 1 saturated heterocycles. The predicted octanol–water partition coefficient (Wildman–Crippen LogP) is 3.12. The van der Waals surface area contributed by atoms with Crippen LogP contribution in [-0.2, 0) is 6.42 Å². The van der Waals surface area contributed by atoms with E-state index >= 15 is 0 Å². The number of aromatic amines is 1. The van der Waals surface area contributed by atoms with E-state index < -0.39 is 0 Å². The molecule has 2 aromatic rings. The van der Waals surface area contributed by atoms with Crippen LogP contribution in [0.2, 0.25) is 0 Å². The maximum absolute atomic E-state index is 5.43. The van der Waals surface area contributed by atoms with E-state index in [4.69, 9.17) is 4.74 Å². The molecule has 1 N–H and O–H groups in total. The first kappa shape index (κ1) is 12.5. The van der Waals surface area contributed by atoms with E-state index in [-0.39, 0.29) is 0 Å². The Morgan fingerprint density at radius 2 is 2.05 bits per heavy atom. The van der Waals surface area contributed by atoms with Crippen LogP contribution in [0.5, 0.6) is 5.75 Å². The zero-order valence-electron chi connectivity index (χ0n) is 11.8. The number of aromatic nitrogens is 1. The number of rotatable bonds is 4. The Morgan fingerprint density at radius 1 is 1.26 bits per heavy atom. The number of nitrogens with one attached hydrogen (secondary N) is 1. The molecule has 0 saturated carbocycles. The normalized spacial score (nSPS) is 16.3. The fraction of sp³-hybridized carbons (Fsp3) is 0.500. The Bertz CT molecular complexity index is 567. The van der Waals surface area contributed by atoms with E-state index in [9.17, 15) is 0 Å². The number of fused-ring (bicyclic) bond motifs is 1. The second-order valence-electron chi connectivity index (χ2n) is 5.43. The number of nitrogens with zero attached hydrogens (tertiary/aromatic N) is 1. The van der Waals surface area contributed by atoms with E-state index in [1.54, 1.807) is 7.11 Å². The molecule has 19 heavy (non-hydrogen) atoms. The largest absolute Gasteiger partial charge is 0.496 e. The van der Waals surface area contributed by atoms with Gasteiger partial charge in [-0.1, -0.05) is 0 Å². The van der Waals surface area contributed by atoms with Gasteiger partial charge in [0.1, 0.15) is 5.75 Å². The van der Waals surface area contributed by atoms with E-state index in [1.807, 2.05) is 6.07 Å². The molecule has 3 heteroatoms. The van der Waals surface area contributed by atoms with E-state index in [2.05, 4.69) is 29.1 Å². The highest BCUT2D eigenvalue weighted by Gasteiger charge is 2.14. The minimum Gasteiger partial charge on any atom is -0.496 e. The van der Waals surface area contributed by atoms with Crippen molar-refractivity contribution < 1.29 is 4.74 Å². The summed E-state index contributed by atoms with van der Waals surface area (Å²) in [6.45, 7) is 5.85. The topological polar surface area (TPSA) is 28.3 Å². The smallest absolute Gasteiger partial charge is 0.122 e. The zero-order valence-corrected chi connectivity index (χ0v) is 11.8. The van der Waals surface area contributed by atoms with Gasteiger partial charge < -0.3 is 14.6 Å². The van der Waals surface area contributed by atoms with Crippen molar-refractivity contribution in [1.82, 2.24) is 9.88 Å². The molecule has 0 radical (unpaired) electrons. The van der Waals surface area contributed by atoms with E-state index in [1.165, 1.54) is 54.5 Å². The van der Waals surface area contributed by atoms with Crippen LogP contribution in [0, 0.1) is 6.92 Å². The molecule has 0 spiro atoms. The summed E-state index contributed by atoms with van der Waals surface area (Å²) in [5.74, 6) is 0.981. The highest BCUT2D eigenvalue weighted by Crippen LogP contribution is 2.29. The van der Waals surface area contributed by atoms with Crippen LogP contribution in [0.1, 0.15) is 24.0 Å². The Morgan fingerprint density at radius 3 is 2.79 bits per heavy atom. The van der Waals surface area contributed by atoms with Crippen LogP contribution in [-0.4, -0.2) is 36.6 Å². The van der Waals surface area contributed by atoms with Crippen molar-refractivity contribution in [1.29, 1.82) is 0 Å². The molecule has 2 heterocycles. The standard InChI is InChI=1S/C16H22N2O/c1-12-15(19-2)6-5-14-16(12)13(11-17-14)7-10-18-8-3-4-9-18/h5-6,11,17H,3-4,7-10H2,1-2H3. The van der Waals surface area contributed by atoms with Gasteiger partial charge in [-0.3, -0.25) is 0 Å². The quantitative estimate of drug-likeness (QED) is 0.912. The van der Waals surface area contributed by atoms with Gasteiger partial charge in [0.05, 0.1) is 7.11 Å². The Balaban J connectivity index is 1.86. The Kier molecular flexibility index (Phi) is 3.47. The van der Waals surface area contributed by atoms with Gasteiger partial charge in [0, 0.05) is 29.2 Å². The minimum atomic E-state index is 0.981. The van der Waals surface area contributed by atoms with Gasteiger partial charge in [0.15, 0.2) is 0 Å². The lowest BCUT2D eigenvalue weighted by Crippen LogP contribution is -2.21. The van der Waals surface area contributed by atoms with Crippen molar-refractivity contribution in [2.24, 2.45) is 0 Å². The monoisotopic (exact) mass is 258 g/mol. The molecule has 1 aliphatic rings. The third-order valence-electron chi connectivity index (χ3n) is 4.25. The SMILES string of the molecule is COc1ccc2[nH]cc(CCN3CCCC3)c2c1C. The molecule has 3 nitrogen and oxygen atoms in total. The van der Waals surface area contributed by atoms with Crippen molar-refractivity contribution in [3.8, 4) is 5.75 Å². The summed E-state index contributed by atoms with van der Waals surface area (Å²) in [6.07, 6.45) is 6.00. The lowest BCUT2D eigenvalue weighted by molar-refractivity contribution is 0.344. The van der Waals surface area contributed by atoms with E-state index in [0.29, 0.717) is 0 Å². The molecule has 1 aliphatic heterocycles. The molecule has 1 fully saturated rings. The van der Waals surface area contributed by atoms with Gasteiger partial charge in [-0.05, 0) is 57.0 Å². The van der Waals surface area contributed by atoms with Gasteiger partial charge in [0.2, 0.25) is 0 Å². The Hall–Kier alpha value is -1.48. The fourth-order valence-electron chi connectivity index (χ4n) is 3.17. The number of hydrogen-bond acceptors (Lipinski definition) is 2. The van der Waals surface area contributed by atoms with Crippen LogP contribution < -0.4 is 4.74 Å². The molecule has 0 aliphatic carbocycles. The van der Waals surface area contributed by atoms with Crippen molar-refractivity contribution in [2.45, 2.75) is 26.2 Å². The molecule has 1 aromatic carbocycles. The summed E-state index contributed by atoms with van der Waals surface area (Å²) in [5, 5.41) is 1.35. The second-order valence-corrected chi connectivity index (χ2v) is 5.43. The molecular weight excluding hydrogens is 236 g/mol. The molecule has 1 aromatic heterocycles.